The number of esters is 1. The van der Waals surface area contributed by atoms with Crippen molar-refractivity contribution in [3.8, 4) is 12.3 Å². The van der Waals surface area contributed by atoms with Crippen molar-refractivity contribution in [2.24, 2.45) is 5.41 Å². The summed E-state index contributed by atoms with van der Waals surface area (Å²) in [5, 5.41) is 0. The molecule has 0 aromatic rings. The molecule has 0 spiro atoms. The summed E-state index contributed by atoms with van der Waals surface area (Å²) < 4.78 is 5.42. The van der Waals surface area contributed by atoms with Crippen molar-refractivity contribution in [2.75, 3.05) is 0 Å². The molecule has 0 heterocycles. The maximum atomic E-state index is 11.8. The number of rotatable bonds is 2. The number of allylic oxidation sites excluding steroid dienone is 1. The van der Waals surface area contributed by atoms with Crippen LogP contribution in [-0.2, 0) is 9.53 Å². The van der Waals surface area contributed by atoms with Crippen LogP contribution in [0.5, 0.6) is 0 Å². The van der Waals surface area contributed by atoms with Crippen molar-refractivity contribution in [1.29, 1.82) is 0 Å². The van der Waals surface area contributed by atoms with Crippen LogP contribution in [0.3, 0.4) is 0 Å². The van der Waals surface area contributed by atoms with E-state index in [0.717, 1.165) is 24.8 Å². The van der Waals surface area contributed by atoms with Crippen LogP contribution < -0.4 is 0 Å². The number of carbonyl (C=O) groups is 1. The summed E-state index contributed by atoms with van der Waals surface area (Å²) in [5.74, 6) is 2.36. The third kappa shape index (κ3) is 4.26. The van der Waals surface area contributed by atoms with Crippen LogP contribution in [0.1, 0.15) is 52.9 Å². The summed E-state index contributed by atoms with van der Waals surface area (Å²) in [6.45, 7) is 5.51. The topological polar surface area (TPSA) is 26.3 Å². The van der Waals surface area contributed by atoms with Crippen molar-refractivity contribution in [1.82, 2.24) is 0 Å². The van der Waals surface area contributed by atoms with E-state index in [2.05, 4.69) is 12.0 Å². The van der Waals surface area contributed by atoms with Crippen LogP contribution in [0, 0.1) is 17.8 Å². The highest BCUT2D eigenvalue weighted by Gasteiger charge is 2.27. The molecule has 1 aliphatic carbocycles. The fourth-order valence-corrected chi connectivity index (χ4v) is 1.78. The van der Waals surface area contributed by atoms with Gasteiger partial charge < -0.3 is 4.74 Å². The summed E-state index contributed by atoms with van der Waals surface area (Å²) in [4.78, 5) is 11.8. The second-order valence-corrected chi connectivity index (χ2v) is 5.58. The molecule has 1 rings (SSSR count). The van der Waals surface area contributed by atoms with Crippen molar-refractivity contribution in [3.63, 3.8) is 0 Å². The maximum absolute atomic E-state index is 11.8. The predicted molar refractivity (Wildman–Crippen MR) is 69.3 cm³/mol. The van der Waals surface area contributed by atoms with Crippen LogP contribution in [0.4, 0.5) is 0 Å². The highest BCUT2D eigenvalue weighted by molar-refractivity contribution is 5.76. The van der Waals surface area contributed by atoms with Gasteiger partial charge in [0.15, 0.2) is 6.10 Å². The zero-order chi connectivity index (χ0) is 12.9. The lowest BCUT2D eigenvalue weighted by atomic mass is 9.97. The highest BCUT2D eigenvalue weighted by atomic mass is 16.5. The van der Waals surface area contributed by atoms with Crippen molar-refractivity contribution in [3.05, 3.63) is 11.6 Å². The van der Waals surface area contributed by atoms with E-state index < -0.39 is 11.5 Å². The minimum Gasteiger partial charge on any atom is -0.444 e. The first-order valence-corrected chi connectivity index (χ1v) is 6.31. The van der Waals surface area contributed by atoms with Crippen LogP contribution in [0.25, 0.3) is 0 Å². The molecule has 0 aromatic heterocycles. The maximum Gasteiger partial charge on any atom is 0.312 e. The Morgan fingerprint density at radius 3 is 2.71 bits per heavy atom. The quantitative estimate of drug-likeness (QED) is 0.415. The Kier molecular flexibility index (Phi) is 4.81. The molecule has 0 fully saturated rings. The van der Waals surface area contributed by atoms with Gasteiger partial charge in [0, 0.05) is 0 Å². The third-order valence-electron chi connectivity index (χ3n) is 2.90. The number of terminal acetylenes is 1. The minimum absolute atomic E-state index is 0.231. The zero-order valence-corrected chi connectivity index (χ0v) is 11.1. The highest BCUT2D eigenvalue weighted by Crippen LogP contribution is 2.24. The number of hydrogen-bond donors (Lipinski definition) is 0. The van der Waals surface area contributed by atoms with E-state index in [9.17, 15) is 4.79 Å². The van der Waals surface area contributed by atoms with Crippen molar-refractivity contribution >= 4 is 5.97 Å². The van der Waals surface area contributed by atoms with Crippen molar-refractivity contribution in [2.45, 2.75) is 59.0 Å². The predicted octanol–water partition coefficient (Wildman–Crippen LogP) is 3.47. The van der Waals surface area contributed by atoms with E-state index in [1.165, 1.54) is 12.8 Å². The van der Waals surface area contributed by atoms with E-state index in [-0.39, 0.29) is 5.97 Å². The molecule has 0 aliphatic heterocycles. The molecule has 2 heteroatoms. The monoisotopic (exact) mass is 234 g/mol. The normalized spacial score (nSPS) is 18.6. The Hall–Kier alpha value is -1.23. The number of hydrogen-bond acceptors (Lipinski definition) is 2. The lowest BCUT2D eigenvalue weighted by molar-refractivity contribution is -0.154. The van der Waals surface area contributed by atoms with E-state index in [1.807, 2.05) is 20.8 Å². The van der Waals surface area contributed by atoms with Crippen molar-refractivity contribution < 1.29 is 9.53 Å². The third-order valence-corrected chi connectivity index (χ3v) is 2.90. The molecule has 2 nitrogen and oxygen atoms in total. The molecule has 1 atom stereocenters. The molecule has 1 aliphatic rings. The van der Waals surface area contributed by atoms with E-state index in [0.29, 0.717) is 0 Å². The van der Waals surface area contributed by atoms with E-state index in [4.69, 9.17) is 11.2 Å². The van der Waals surface area contributed by atoms with Gasteiger partial charge in [0.2, 0.25) is 0 Å². The SMILES string of the molecule is C#C[C@H](OC(=O)C(C)(C)C)C1=CCCCCC1. The molecule has 0 aromatic carbocycles. The van der Waals surface area contributed by atoms with Gasteiger partial charge in [-0.2, -0.15) is 0 Å². The molecule has 0 radical (unpaired) electrons. The van der Waals surface area contributed by atoms with Gasteiger partial charge in [-0.05, 0) is 52.0 Å². The second kappa shape index (κ2) is 5.91. The molecular weight excluding hydrogens is 212 g/mol. The van der Waals surface area contributed by atoms with E-state index in [1.54, 1.807) is 0 Å². The van der Waals surface area contributed by atoms with Crippen LogP contribution in [-0.4, -0.2) is 12.1 Å². The van der Waals surface area contributed by atoms with Gasteiger partial charge in [-0.15, -0.1) is 6.42 Å². The summed E-state index contributed by atoms with van der Waals surface area (Å²) in [7, 11) is 0. The minimum atomic E-state index is -0.500. The first kappa shape index (κ1) is 13.8. The largest absolute Gasteiger partial charge is 0.444 e. The first-order valence-electron chi connectivity index (χ1n) is 6.31. The number of carbonyl (C=O) groups excluding carboxylic acids is 1. The van der Waals surface area contributed by atoms with Gasteiger partial charge in [0.25, 0.3) is 0 Å². The number of ether oxygens (including phenoxy) is 1. The van der Waals surface area contributed by atoms with Crippen LogP contribution in [0.2, 0.25) is 0 Å². The van der Waals surface area contributed by atoms with Gasteiger partial charge in [-0.3, -0.25) is 4.79 Å². The Labute approximate surface area is 104 Å². The zero-order valence-electron chi connectivity index (χ0n) is 11.1. The first-order chi connectivity index (χ1) is 7.95. The van der Waals surface area contributed by atoms with Crippen LogP contribution >= 0.6 is 0 Å². The summed E-state index contributed by atoms with van der Waals surface area (Å²) in [6.07, 6.45) is 12.7. The van der Waals surface area contributed by atoms with E-state index >= 15 is 0 Å². The second-order valence-electron chi connectivity index (χ2n) is 5.58. The molecule has 0 unspecified atom stereocenters. The molecule has 0 saturated carbocycles. The fraction of sp³-hybridized carbons (Fsp3) is 0.667. The molecule has 0 amide bonds. The average Bonchev–Trinajstić information content (AvgIpc) is 2.52. The smallest absolute Gasteiger partial charge is 0.312 e. The Bertz CT molecular complexity index is 339. The molecule has 0 saturated heterocycles. The van der Waals surface area contributed by atoms with Gasteiger partial charge in [0.05, 0.1) is 5.41 Å². The molecular formula is C15H22O2. The Balaban J connectivity index is 2.69. The van der Waals surface area contributed by atoms with Crippen LogP contribution in [0.15, 0.2) is 11.6 Å². The Morgan fingerprint density at radius 1 is 1.41 bits per heavy atom. The van der Waals surface area contributed by atoms with Gasteiger partial charge >= 0.3 is 5.97 Å². The lowest BCUT2D eigenvalue weighted by Crippen LogP contribution is -2.28. The molecule has 94 valence electrons. The standard InChI is InChI=1S/C15H22O2/c1-5-13(17-14(16)15(2,3)4)12-10-8-6-7-9-11-12/h1,10,13H,6-9,11H2,2-4H3/t13-/m0/s1. The van der Waals surface area contributed by atoms with Gasteiger partial charge in [0.1, 0.15) is 0 Å². The summed E-state index contributed by atoms with van der Waals surface area (Å²) in [6, 6.07) is 0. The lowest BCUT2D eigenvalue weighted by Gasteiger charge is -2.21. The fourth-order valence-electron chi connectivity index (χ4n) is 1.78. The molecule has 17 heavy (non-hydrogen) atoms. The van der Waals surface area contributed by atoms with Gasteiger partial charge in [-0.25, -0.2) is 0 Å². The Morgan fingerprint density at radius 2 is 2.12 bits per heavy atom. The molecule has 0 bridgehead atoms. The summed E-state index contributed by atoms with van der Waals surface area (Å²) in [5.41, 5.74) is 0.600. The van der Waals surface area contributed by atoms with Gasteiger partial charge in [-0.1, -0.05) is 18.4 Å². The average molecular weight is 234 g/mol. The summed E-state index contributed by atoms with van der Waals surface area (Å²) >= 11 is 0. The molecule has 0 N–H and O–H groups in total.